The Morgan fingerprint density at radius 2 is 1.96 bits per heavy atom. The van der Waals surface area contributed by atoms with E-state index in [0.717, 1.165) is 21.7 Å². The number of nitrogens with one attached hydrogen (secondary N) is 1. The molecule has 0 atom stereocenters. The second kappa shape index (κ2) is 7.46. The summed E-state index contributed by atoms with van der Waals surface area (Å²) in [7, 11) is 3.26. The van der Waals surface area contributed by atoms with E-state index in [1.54, 1.807) is 31.9 Å². The SMILES string of the molecule is COCCOc1cc(Nc2ncnc3sc(C)cc23)ccc1OC. The summed E-state index contributed by atoms with van der Waals surface area (Å²) in [5, 5.41) is 4.34. The number of hydrogen-bond donors (Lipinski definition) is 1. The number of rotatable bonds is 7. The minimum absolute atomic E-state index is 0.456. The molecule has 1 aromatic carbocycles. The highest BCUT2D eigenvalue weighted by atomic mass is 32.1. The van der Waals surface area contributed by atoms with Crippen LogP contribution in [0.5, 0.6) is 11.5 Å². The smallest absolute Gasteiger partial charge is 0.163 e. The lowest BCUT2D eigenvalue weighted by Crippen LogP contribution is -2.05. The Kier molecular flexibility index (Phi) is 5.12. The molecule has 0 saturated carbocycles. The number of fused-ring (bicyclic) bond motifs is 1. The second-order valence-corrected chi connectivity index (χ2v) is 6.36. The minimum Gasteiger partial charge on any atom is -0.493 e. The molecule has 0 spiro atoms. The van der Waals surface area contributed by atoms with Crippen LogP contribution < -0.4 is 14.8 Å². The highest BCUT2D eigenvalue weighted by Crippen LogP contribution is 2.33. The van der Waals surface area contributed by atoms with Crippen LogP contribution in [0.3, 0.4) is 0 Å². The van der Waals surface area contributed by atoms with Crippen LogP contribution in [0.1, 0.15) is 4.88 Å². The van der Waals surface area contributed by atoms with Crippen molar-refractivity contribution < 1.29 is 14.2 Å². The number of anilines is 2. The van der Waals surface area contributed by atoms with E-state index < -0.39 is 0 Å². The molecule has 0 amide bonds. The summed E-state index contributed by atoms with van der Waals surface area (Å²) >= 11 is 1.65. The maximum absolute atomic E-state index is 5.72. The lowest BCUT2D eigenvalue weighted by Gasteiger charge is -2.13. The van der Waals surface area contributed by atoms with Gasteiger partial charge in [0.25, 0.3) is 0 Å². The molecule has 126 valence electrons. The molecular formula is C17H19N3O3S. The highest BCUT2D eigenvalue weighted by Gasteiger charge is 2.10. The van der Waals surface area contributed by atoms with Gasteiger partial charge in [-0.05, 0) is 25.1 Å². The Bertz CT molecular complexity index is 835. The Balaban J connectivity index is 1.87. The minimum atomic E-state index is 0.456. The molecule has 7 heteroatoms. The van der Waals surface area contributed by atoms with Gasteiger partial charge in [0, 0.05) is 23.7 Å². The molecule has 24 heavy (non-hydrogen) atoms. The van der Waals surface area contributed by atoms with E-state index in [0.29, 0.717) is 24.7 Å². The molecule has 0 unspecified atom stereocenters. The summed E-state index contributed by atoms with van der Waals surface area (Å²) in [4.78, 5) is 10.8. The summed E-state index contributed by atoms with van der Waals surface area (Å²) in [6.45, 7) is 3.03. The van der Waals surface area contributed by atoms with Gasteiger partial charge in [-0.15, -0.1) is 11.3 Å². The van der Waals surface area contributed by atoms with Crippen molar-refractivity contribution in [2.24, 2.45) is 0 Å². The second-order valence-electron chi connectivity index (χ2n) is 5.13. The lowest BCUT2D eigenvalue weighted by atomic mass is 10.2. The van der Waals surface area contributed by atoms with Gasteiger partial charge in [0.2, 0.25) is 0 Å². The monoisotopic (exact) mass is 345 g/mol. The van der Waals surface area contributed by atoms with Crippen molar-refractivity contribution >= 4 is 33.1 Å². The molecule has 2 heterocycles. The zero-order chi connectivity index (χ0) is 16.9. The molecule has 0 bridgehead atoms. The predicted molar refractivity (Wildman–Crippen MR) is 95.8 cm³/mol. The Morgan fingerprint density at radius 1 is 1.08 bits per heavy atom. The van der Waals surface area contributed by atoms with E-state index >= 15 is 0 Å². The number of aryl methyl sites for hydroxylation is 1. The third-order valence-electron chi connectivity index (χ3n) is 3.42. The van der Waals surface area contributed by atoms with Crippen LogP contribution in [0.25, 0.3) is 10.2 Å². The zero-order valence-corrected chi connectivity index (χ0v) is 14.6. The standard InChI is InChI=1S/C17H19N3O3S/c1-11-8-13-16(18-10-19-17(13)24-11)20-12-4-5-14(22-3)15(9-12)23-7-6-21-2/h4-5,8-10H,6-7H2,1-3H3,(H,18,19,20). The molecule has 2 aromatic heterocycles. The first-order valence-electron chi connectivity index (χ1n) is 7.49. The van der Waals surface area contributed by atoms with Gasteiger partial charge < -0.3 is 19.5 Å². The first-order chi connectivity index (χ1) is 11.7. The third-order valence-corrected chi connectivity index (χ3v) is 4.38. The van der Waals surface area contributed by atoms with Gasteiger partial charge in [-0.3, -0.25) is 0 Å². The number of ether oxygens (including phenoxy) is 3. The third kappa shape index (κ3) is 3.58. The van der Waals surface area contributed by atoms with Crippen molar-refractivity contribution in [3.05, 3.63) is 35.5 Å². The zero-order valence-electron chi connectivity index (χ0n) is 13.8. The molecule has 0 aliphatic heterocycles. The van der Waals surface area contributed by atoms with E-state index in [1.807, 2.05) is 18.2 Å². The van der Waals surface area contributed by atoms with Crippen molar-refractivity contribution in [2.45, 2.75) is 6.92 Å². The van der Waals surface area contributed by atoms with Crippen LogP contribution in [-0.2, 0) is 4.74 Å². The maximum Gasteiger partial charge on any atom is 0.163 e. The van der Waals surface area contributed by atoms with Gasteiger partial charge in [-0.2, -0.15) is 0 Å². The molecule has 6 nitrogen and oxygen atoms in total. The summed E-state index contributed by atoms with van der Waals surface area (Å²) in [5.41, 5.74) is 0.868. The molecule has 0 aliphatic rings. The van der Waals surface area contributed by atoms with Gasteiger partial charge in [-0.25, -0.2) is 9.97 Å². The van der Waals surface area contributed by atoms with Gasteiger partial charge in [0.15, 0.2) is 11.5 Å². The van der Waals surface area contributed by atoms with E-state index in [1.165, 1.54) is 4.88 Å². The fourth-order valence-corrected chi connectivity index (χ4v) is 3.16. The van der Waals surface area contributed by atoms with Gasteiger partial charge in [-0.1, -0.05) is 0 Å². The molecule has 3 aromatic rings. The van der Waals surface area contributed by atoms with Crippen molar-refractivity contribution in [1.82, 2.24) is 9.97 Å². The molecule has 0 aliphatic carbocycles. The van der Waals surface area contributed by atoms with Crippen molar-refractivity contribution in [2.75, 3.05) is 32.8 Å². The average Bonchev–Trinajstić information content (AvgIpc) is 2.97. The lowest BCUT2D eigenvalue weighted by molar-refractivity contribution is 0.144. The Hall–Kier alpha value is -2.38. The van der Waals surface area contributed by atoms with E-state index in [2.05, 4.69) is 28.3 Å². The topological polar surface area (TPSA) is 65.5 Å². The number of nitrogens with zero attached hydrogens (tertiary/aromatic N) is 2. The molecule has 0 saturated heterocycles. The predicted octanol–water partition coefficient (Wildman–Crippen LogP) is 3.78. The van der Waals surface area contributed by atoms with Crippen molar-refractivity contribution in [3.8, 4) is 11.5 Å². The van der Waals surface area contributed by atoms with E-state index in [9.17, 15) is 0 Å². The van der Waals surface area contributed by atoms with Crippen LogP contribution in [0.2, 0.25) is 0 Å². The summed E-state index contributed by atoms with van der Waals surface area (Å²) in [6, 6.07) is 7.76. The fourth-order valence-electron chi connectivity index (χ4n) is 2.31. The van der Waals surface area contributed by atoms with Crippen LogP contribution in [0, 0.1) is 6.92 Å². The van der Waals surface area contributed by atoms with Crippen molar-refractivity contribution in [3.63, 3.8) is 0 Å². The van der Waals surface area contributed by atoms with Crippen LogP contribution in [0.4, 0.5) is 11.5 Å². The van der Waals surface area contributed by atoms with Crippen LogP contribution >= 0.6 is 11.3 Å². The average molecular weight is 345 g/mol. The number of methoxy groups -OCH3 is 2. The number of thiophene rings is 1. The first-order valence-corrected chi connectivity index (χ1v) is 8.31. The van der Waals surface area contributed by atoms with Crippen molar-refractivity contribution in [1.29, 1.82) is 0 Å². The maximum atomic E-state index is 5.72. The quantitative estimate of drug-likeness (QED) is 0.658. The molecule has 1 N–H and O–H groups in total. The first kappa shape index (κ1) is 16.5. The molecule has 0 radical (unpaired) electrons. The molecule has 3 rings (SSSR count). The van der Waals surface area contributed by atoms with Gasteiger partial charge in [0.1, 0.15) is 23.6 Å². The summed E-state index contributed by atoms with van der Waals surface area (Å²) in [5.74, 6) is 2.11. The summed E-state index contributed by atoms with van der Waals surface area (Å²) in [6.07, 6.45) is 1.57. The van der Waals surface area contributed by atoms with E-state index in [4.69, 9.17) is 14.2 Å². The number of benzene rings is 1. The van der Waals surface area contributed by atoms with Gasteiger partial charge >= 0.3 is 0 Å². The Morgan fingerprint density at radius 3 is 2.75 bits per heavy atom. The van der Waals surface area contributed by atoms with Crippen LogP contribution in [-0.4, -0.2) is 37.4 Å². The molecule has 0 fully saturated rings. The van der Waals surface area contributed by atoms with Gasteiger partial charge in [0.05, 0.1) is 19.1 Å². The normalized spacial score (nSPS) is 10.8. The highest BCUT2D eigenvalue weighted by molar-refractivity contribution is 7.18. The number of hydrogen-bond acceptors (Lipinski definition) is 7. The number of aromatic nitrogens is 2. The fraction of sp³-hybridized carbons (Fsp3) is 0.294. The summed E-state index contributed by atoms with van der Waals surface area (Å²) < 4.78 is 16.1. The van der Waals surface area contributed by atoms with Crippen LogP contribution in [0.15, 0.2) is 30.6 Å². The molecular weight excluding hydrogens is 326 g/mol. The largest absolute Gasteiger partial charge is 0.493 e. The van der Waals surface area contributed by atoms with E-state index in [-0.39, 0.29) is 0 Å². The Labute approximate surface area is 144 Å².